The molecule has 1 saturated heterocycles. The maximum absolute atomic E-state index is 8.88. The predicted octanol–water partition coefficient (Wildman–Crippen LogP) is 5.82. The molecule has 3 heterocycles. The van der Waals surface area contributed by atoms with Gasteiger partial charge < -0.3 is 25.3 Å². The van der Waals surface area contributed by atoms with Gasteiger partial charge >= 0.3 is 0 Å². The van der Waals surface area contributed by atoms with E-state index in [0.717, 1.165) is 42.8 Å². The fourth-order valence-corrected chi connectivity index (χ4v) is 5.29. The van der Waals surface area contributed by atoms with Crippen LogP contribution in [0.3, 0.4) is 0 Å². The van der Waals surface area contributed by atoms with Crippen molar-refractivity contribution in [2.45, 2.75) is 45.2 Å². The summed E-state index contributed by atoms with van der Waals surface area (Å²) in [6.45, 7) is 5.87. The average Bonchev–Trinajstić information content (AvgIpc) is 2.87. The fraction of sp³-hybridized carbons (Fsp3) is 0.333. The summed E-state index contributed by atoms with van der Waals surface area (Å²) in [5, 5.41) is 13.1. The highest BCUT2D eigenvalue weighted by Crippen LogP contribution is 2.38. The number of nitrogen functional groups attached to an aromatic ring is 1. The second kappa shape index (κ2) is 9.90. The zero-order valence-electron chi connectivity index (χ0n) is 20.2. The Morgan fingerprint density at radius 1 is 1.19 bits per heavy atom. The summed E-state index contributed by atoms with van der Waals surface area (Å²) in [5.41, 5.74) is 10.6. The molecule has 2 aliphatic heterocycles. The molecule has 0 bridgehead atoms. The molecule has 3 aromatic rings. The molecule has 1 fully saturated rings. The second-order valence-corrected chi connectivity index (χ2v) is 9.96. The van der Waals surface area contributed by atoms with Crippen molar-refractivity contribution in [1.29, 1.82) is 5.41 Å². The molecule has 2 aromatic carbocycles. The van der Waals surface area contributed by atoms with E-state index >= 15 is 0 Å². The van der Waals surface area contributed by atoms with E-state index < -0.39 is 11.9 Å². The number of ether oxygens (including phenoxy) is 3. The molecule has 188 valence electrons. The summed E-state index contributed by atoms with van der Waals surface area (Å²) >= 11 is 12.8. The Hall–Kier alpha value is -2.84. The van der Waals surface area contributed by atoms with Crippen molar-refractivity contribution in [3.8, 4) is 11.5 Å². The maximum atomic E-state index is 8.88. The molecule has 4 N–H and O–H groups in total. The first-order chi connectivity index (χ1) is 17.3. The van der Waals surface area contributed by atoms with Gasteiger partial charge in [0, 0.05) is 60.1 Å². The second-order valence-electron chi connectivity index (χ2n) is 9.18. The first kappa shape index (κ1) is 24.8. The van der Waals surface area contributed by atoms with Gasteiger partial charge in [0.05, 0.1) is 28.1 Å². The summed E-state index contributed by atoms with van der Waals surface area (Å²) in [4.78, 5) is 4.18. The topological polar surface area (TPSA) is 102 Å². The molecule has 0 amide bonds. The number of hydrogen-bond donors (Lipinski definition) is 3. The number of nitrogens with two attached hydrogens (primary N) is 1. The van der Waals surface area contributed by atoms with Gasteiger partial charge in [-0.25, -0.2) is 0 Å². The van der Waals surface area contributed by atoms with Gasteiger partial charge in [-0.1, -0.05) is 23.2 Å². The highest BCUT2D eigenvalue weighted by atomic mass is 35.5. The molecule has 1 spiro atoms. The van der Waals surface area contributed by atoms with E-state index in [0.29, 0.717) is 44.9 Å². The number of piperidine rings is 1. The fourth-order valence-electron chi connectivity index (χ4n) is 4.64. The van der Waals surface area contributed by atoms with Gasteiger partial charge in [0.15, 0.2) is 0 Å². The van der Waals surface area contributed by atoms with Crippen LogP contribution in [-0.2, 0) is 11.3 Å². The smallest absolute Gasteiger partial charge is 0.213 e. The minimum Gasteiger partial charge on any atom is -0.486 e. The zero-order valence-corrected chi connectivity index (χ0v) is 21.7. The highest BCUT2D eigenvalue weighted by Gasteiger charge is 2.39. The molecule has 0 aliphatic carbocycles. The minimum absolute atomic E-state index is 0.284. The zero-order chi connectivity index (χ0) is 25.4. The van der Waals surface area contributed by atoms with E-state index in [2.05, 4.69) is 10.3 Å². The molecule has 2 aliphatic rings. The van der Waals surface area contributed by atoms with Crippen molar-refractivity contribution in [1.82, 2.24) is 10.3 Å². The molecule has 9 heteroatoms. The van der Waals surface area contributed by atoms with Crippen LogP contribution in [0, 0.1) is 12.3 Å². The van der Waals surface area contributed by atoms with Crippen LogP contribution in [0.2, 0.25) is 10.0 Å². The SMILES string of the molecule is Cc1ncc(Cl)c([C@@H](C)Oc2ccc(N)c(C(=N)c3ccc4c(c3)COC3(CCNCC3)O4)c2)c1Cl. The molecular formula is C27H28Cl2N4O3. The first-order valence-corrected chi connectivity index (χ1v) is 12.6. The monoisotopic (exact) mass is 526 g/mol. The lowest BCUT2D eigenvalue weighted by Crippen LogP contribution is -2.49. The molecule has 1 atom stereocenters. The molecule has 7 nitrogen and oxygen atoms in total. The van der Waals surface area contributed by atoms with E-state index in [9.17, 15) is 0 Å². The Morgan fingerprint density at radius 3 is 2.75 bits per heavy atom. The van der Waals surface area contributed by atoms with Crippen LogP contribution in [0.15, 0.2) is 42.6 Å². The highest BCUT2D eigenvalue weighted by molar-refractivity contribution is 6.36. The van der Waals surface area contributed by atoms with Crippen LogP contribution in [0.4, 0.5) is 5.69 Å². The van der Waals surface area contributed by atoms with Crippen LogP contribution in [0.25, 0.3) is 0 Å². The summed E-state index contributed by atoms with van der Waals surface area (Å²) in [6, 6.07) is 11.0. The number of nitrogens with one attached hydrogen (secondary N) is 2. The Kier molecular flexibility index (Phi) is 6.83. The first-order valence-electron chi connectivity index (χ1n) is 11.9. The van der Waals surface area contributed by atoms with E-state index in [1.165, 1.54) is 0 Å². The molecule has 0 saturated carbocycles. The van der Waals surface area contributed by atoms with Crippen molar-refractivity contribution in [2.24, 2.45) is 0 Å². The third kappa shape index (κ3) is 4.76. The standard InChI is InChI=1S/C27H28Cl2N4O3/c1-15-25(29)24(21(28)13-33-15)16(2)35-19-4-5-22(30)20(12-19)26(31)17-3-6-23-18(11-17)14-34-27(36-23)7-9-32-10-8-27/h3-6,11-13,16,31-32H,7-10,14,30H2,1-2H3/t16-/m1/s1. The molecule has 0 radical (unpaired) electrons. The summed E-state index contributed by atoms with van der Waals surface area (Å²) in [5.74, 6) is 0.801. The third-order valence-electron chi connectivity index (χ3n) is 6.70. The number of fused-ring (bicyclic) bond motifs is 1. The van der Waals surface area contributed by atoms with Crippen LogP contribution in [0.5, 0.6) is 11.5 Å². The van der Waals surface area contributed by atoms with Gasteiger partial charge in [0.25, 0.3) is 0 Å². The van der Waals surface area contributed by atoms with Gasteiger partial charge in [-0.2, -0.15) is 0 Å². The number of rotatable bonds is 5. The number of aryl methyl sites for hydroxylation is 1. The third-order valence-corrected chi connectivity index (χ3v) is 7.48. The molecular weight excluding hydrogens is 499 g/mol. The van der Waals surface area contributed by atoms with Gasteiger partial charge in [-0.3, -0.25) is 10.4 Å². The molecule has 1 aromatic heterocycles. The van der Waals surface area contributed by atoms with Crippen LogP contribution in [-0.4, -0.2) is 29.6 Å². The number of hydrogen-bond acceptors (Lipinski definition) is 7. The van der Waals surface area contributed by atoms with Crippen molar-refractivity contribution >= 4 is 34.6 Å². The van der Waals surface area contributed by atoms with Gasteiger partial charge in [-0.05, 0) is 50.2 Å². The van der Waals surface area contributed by atoms with Gasteiger partial charge in [-0.15, -0.1) is 0 Å². The molecule has 0 unspecified atom stereocenters. The lowest BCUT2D eigenvalue weighted by Gasteiger charge is -2.41. The van der Waals surface area contributed by atoms with E-state index in [1.807, 2.05) is 32.0 Å². The summed E-state index contributed by atoms with van der Waals surface area (Å²) in [6.07, 6.45) is 2.75. The number of pyridine rings is 1. The van der Waals surface area contributed by atoms with Crippen molar-refractivity contribution in [3.63, 3.8) is 0 Å². The Morgan fingerprint density at radius 2 is 1.97 bits per heavy atom. The number of halogens is 2. The minimum atomic E-state index is -0.556. The lowest BCUT2D eigenvalue weighted by atomic mass is 9.97. The molecule has 36 heavy (non-hydrogen) atoms. The van der Waals surface area contributed by atoms with Crippen LogP contribution >= 0.6 is 23.2 Å². The largest absolute Gasteiger partial charge is 0.486 e. The lowest BCUT2D eigenvalue weighted by molar-refractivity contribution is -0.218. The number of benzene rings is 2. The van der Waals surface area contributed by atoms with E-state index in [1.54, 1.807) is 24.4 Å². The Labute approximate surface area is 220 Å². The summed E-state index contributed by atoms with van der Waals surface area (Å²) < 4.78 is 18.5. The van der Waals surface area contributed by atoms with E-state index in [-0.39, 0.29) is 5.71 Å². The summed E-state index contributed by atoms with van der Waals surface area (Å²) in [7, 11) is 0. The quantitative estimate of drug-likeness (QED) is 0.285. The Bertz CT molecular complexity index is 1320. The molecule has 5 rings (SSSR count). The van der Waals surface area contributed by atoms with Crippen LogP contribution in [0.1, 0.15) is 53.8 Å². The average molecular weight is 527 g/mol. The van der Waals surface area contributed by atoms with Gasteiger partial charge in [0.1, 0.15) is 17.6 Å². The number of anilines is 1. The maximum Gasteiger partial charge on any atom is 0.213 e. The van der Waals surface area contributed by atoms with Crippen molar-refractivity contribution < 1.29 is 14.2 Å². The predicted molar refractivity (Wildman–Crippen MR) is 142 cm³/mol. The Balaban J connectivity index is 1.37. The van der Waals surface area contributed by atoms with Crippen LogP contribution < -0.4 is 20.5 Å². The van der Waals surface area contributed by atoms with Crippen molar-refractivity contribution in [2.75, 3.05) is 18.8 Å². The van der Waals surface area contributed by atoms with E-state index in [4.69, 9.17) is 48.6 Å². The van der Waals surface area contributed by atoms with Crippen molar-refractivity contribution in [3.05, 3.63) is 80.6 Å². The number of nitrogens with zero attached hydrogens (tertiary/aromatic N) is 1. The normalized spacial score (nSPS) is 17.2. The van der Waals surface area contributed by atoms with Gasteiger partial charge in [0.2, 0.25) is 5.79 Å². The number of aromatic nitrogens is 1.